The first-order valence-electron chi connectivity index (χ1n) is 5.88. The van der Waals surface area contributed by atoms with Crippen LogP contribution in [0.4, 0.5) is 19.0 Å². The van der Waals surface area contributed by atoms with Gasteiger partial charge in [-0.15, -0.1) is 0 Å². The molecule has 2 atom stereocenters. The normalized spacial score (nSPS) is 28.4. The Morgan fingerprint density at radius 1 is 1.44 bits per heavy atom. The molecule has 1 aliphatic carbocycles. The lowest BCUT2D eigenvalue weighted by molar-refractivity contribution is -0.137. The molecule has 0 aliphatic heterocycles. The van der Waals surface area contributed by atoms with E-state index in [2.05, 4.69) is 10.3 Å². The minimum absolute atomic E-state index is 0.00147. The molecule has 6 heteroatoms. The molecule has 3 N–H and O–H groups in total. The van der Waals surface area contributed by atoms with Crippen LogP contribution >= 0.6 is 0 Å². The fourth-order valence-electron chi connectivity index (χ4n) is 2.28. The van der Waals surface area contributed by atoms with Crippen LogP contribution in [0.15, 0.2) is 18.3 Å². The van der Waals surface area contributed by atoms with Gasteiger partial charge in [0, 0.05) is 12.2 Å². The summed E-state index contributed by atoms with van der Waals surface area (Å²) in [7, 11) is 0. The zero-order valence-corrected chi connectivity index (χ0v) is 10.1. The number of pyridine rings is 1. The summed E-state index contributed by atoms with van der Waals surface area (Å²) in [6, 6.07) is 2.37. The molecule has 3 nitrogen and oxygen atoms in total. The third kappa shape index (κ3) is 2.58. The Morgan fingerprint density at radius 2 is 2.17 bits per heavy atom. The number of anilines is 1. The lowest BCUT2D eigenvalue weighted by Crippen LogP contribution is -2.47. The van der Waals surface area contributed by atoms with Crippen molar-refractivity contribution in [3.05, 3.63) is 23.9 Å². The topological polar surface area (TPSA) is 50.9 Å². The van der Waals surface area contributed by atoms with Gasteiger partial charge in [0.15, 0.2) is 0 Å². The van der Waals surface area contributed by atoms with Crippen LogP contribution in [0.2, 0.25) is 0 Å². The number of aromatic nitrogens is 1. The van der Waals surface area contributed by atoms with Crippen LogP contribution in [0.1, 0.15) is 31.7 Å². The first-order valence-corrected chi connectivity index (χ1v) is 5.88. The molecule has 1 aliphatic rings. The van der Waals surface area contributed by atoms with Gasteiger partial charge in [0.2, 0.25) is 0 Å². The number of halogens is 3. The zero-order valence-electron chi connectivity index (χ0n) is 10.1. The highest BCUT2D eigenvalue weighted by molar-refractivity contribution is 5.40. The summed E-state index contributed by atoms with van der Waals surface area (Å²) in [5.74, 6) is 0.433. The van der Waals surface area contributed by atoms with E-state index in [4.69, 9.17) is 5.73 Å². The second-order valence-corrected chi connectivity index (χ2v) is 4.97. The van der Waals surface area contributed by atoms with Gasteiger partial charge >= 0.3 is 6.18 Å². The standard InChI is InChI=1S/C12H16F3N3/c1-11(6-2-3-9(11)16)18-10-5-4-8(7-17-10)12(13,14)15/h4-5,7,9H,2-3,6,16H2,1H3,(H,17,18)/t9-,11-/m1/s1. The number of rotatable bonds is 2. The van der Waals surface area contributed by atoms with E-state index in [9.17, 15) is 13.2 Å². The largest absolute Gasteiger partial charge is 0.417 e. The number of nitrogens with zero attached hydrogens (tertiary/aromatic N) is 1. The van der Waals surface area contributed by atoms with Crippen LogP contribution in [0.25, 0.3) is 0 Å². The van der Waals surface area contributed by atoms with E-state index in [1.165, 1.54) is 6.07 Å². The summed E-state index contributed by atoms with van der Waals surface area (Å²) in [4.78, 5) is 3.80. The molecule has 0 aromatic carbocycles. The fourth-order valence-corrected chi connectivity index (χ4v) is 2.28. The second kappa shape index (κ2) is 4.42. The first kappa shape index (κ1) is 13.1. The Labute approximate surface area is 104 Å². The molecule has 100 valence electrons. The highest BCUT2D eigenvalue weighted by atomic mass is 19.4. The third-order valence-corrected chi connectivity index (χ3v) is 3.53. The Hall–Kier alpha value is -1.30. The monoisotopic (exact) mass is 259 g/mol. The van der Waals surface area contributed by atoms with Gasteiger partial charge in [-0.25, -0.2) is 4.98 Å². The van der Waals surface area contributed by atoms with E-state index >= 15 is 0 Å². The summed E-state index contributed by atoms with van der Waals surface area (Å²) >= 11 is 0. The lowest BCUT2D eigenvalue weighted by atomic mass is 9.96. The minimum atomic E-state index is -4.35. The van der Waals surface area contributed by atoms with Gasteiger partial charge in [0.1, 0.15) is 5.82 Å². The molecule has 0 unspecified atom stereocenters. The Kier molecular flexibility index (Phi) is 3.23. The van der Waals surface area contributed by atoms with Crippen molar-refractivity contribution in [1.29, 1.82) is 0 Å². The van der Waals surface area contributed by atoms with E-state index in [-0.39, 0.29) is 11.6 Å². The number of nitrogens with two attached hydrogens (primary N) is 1. The van der Waals surface area contributed by atoms with E-state index in [0.717, 1.165) is 31.5 Å². The van der Waals surface area contributed by atoms with Gasteiger partial charge in [0.05, 0.1) is 11.1 Å². The molecule has 1 saturated carbocycles. The maximum Gasteiger partial charge on any atom is 0.417 e. The highest BCUT2D eigenvalue weighted by Crippen LogP contribution is 2.32. The molecule has 0 radical (unpaired) electrons. The van der Waals surface area contributed by atoms with E-state index in [1.54, 1.807) is 0 Å². The summed E-state index contributed by atoms with van der Waals surface area (Å²) in [6.07, 6.45) is -0.669. The number of nitrogens with one attached hydrogen (secondary N) is 1. The summed E-state index contributed by atoms with van der Waals surface area (Å²) in [5, 5.41) is 3.14. The summed E-state index contributed by atoms with van der Waals surface area (Å²) < 4.78 is 37.1. The molecule has 1 aromatic heterocycles. The molecule has 1 fully saturated rings. The van der Waals surface area contributed by atoms with Crippen molar-refractivity contribution < 1.29 is 13.2 Å². The molecule has 2 rings (SSSR count). The van der Waals surface area contributed by atoms with Crippen molar-refractivity contribution in [2.45, 2.75) is 43.9 Å². The van der Waals surface area contributed by atoms with Gasteiger partial charge in [-0.05, 0) is 38.3 Å². The van der Waals surface area contributed by atoms with Crippen molar-refractivity contribution in [1.82, 2.24) is 4.98 Å². The van der Waals surface area contributed by atoms with Crippen molar-refractivity contribution >= 4 is 5.82 Å². The predicted molar refractivity (Wildman–Crippen MR) is 63.1 cm³/mol. The van der Waals surface area contributed by atoms with Crippen LogP contribution in [0, 0.1) is 0 Å². The Bertz CT molecular complexity index is 416. The average molecular weight is 259 g/mol. The van der Waals surface area contributed by atoms with Crippen molar-refractivity contribution in [3.8, 4) is 0 Å². The van der Waals surface area contributed by atoms with Gasteiger partial charge < -0.3 is 11.1 Å². The molecule has 1 heterocycles. The van der Waals surface area contributed by atoms with Crippen LogP contribution in [-0.2, 0) is 6.18 Å². The van der Waals surface area contributed by atoms with Crippen LogP contribution in [0.5, 0.6) is 0 Å². The molecule has 18 heavy (non-hydrogen) atoms. The van der Waals surface area contributed by atoms with Crippen molar-refractivity contribution in [3.63, 3.8) is 0 Å². The van der Waals surface area contributed by atoms with Crippen LogP contribution < -0.4 is 11.1 Å². The van der Waals surface area contributed by atoms with E-state index in [0.29, 0.717) is 5.82 Å². The third-order valence-electron chi connectivity index (χ3n) is 3.53. The second-order valence-electron chi connectivity index (χ2n) is 4.97. The highest BCUT2D eigenvalue weighted by Gasteiger charge is 2.37. The molecular weight excluding hydrogens is 243 g/mol. The van der Waals surface area contributed by atoms with Crippen molar-refractivity contribution in [2.24, 2.45) is 5.73 Å². The molecule has 0 spiro atoms. The van der Waals surface area contributed by atoms with E-state index in [1.807, 2.05) is 6.92 Å². The lowest BCUT2D eigenvalue weighted by Gasteiger charge is -2.31. The van der Waals surface area contributed by atoms with Gasteiger partial charge in [-0.3, -0.25) is 0 Å². The SMILES string of the molecule is C[C@@]1(Nc2ccc(C(F)(F)F)cn2)CCC[C@H]1N. The Morgan fingerprint density at radius 3 is 2.61 bits per heavy atom. The van der Waals surface area contributed by atoms with Gasteiger partial charge in [-0.2, -0.15) is 13.2 Å². The number of hydrogen-bond acceptors (Lipinski definition) is 3. The number of alkyl halides is 3. The van der Waals surface area contributed by atoms with Gasteiger partial charge in [-0.1, -0.05) is 0 Å². The number of hydrogen-bond donors (Lipinski definition) is 2. The molecule has 0 amide bonds. The Balaban J connectivity index is 2.11. The van der Waals surface area contributed by atoms with Crippen molar-refractivity contribution in [2.75, 3.05) is 5.32 Å². The quantitative estimate of drug-likeness (QED) is 0.858. The molecule has 1 aromatic rings. The average Bonchev–Trinajstić information content (AvgIpc) is 2.58. The van der Waals surface area contributed by atoms with Gasteiger partial charge in [0.25, 0.3) is 0 Å². The maximum absolute atomic E-state index is 12.4. The smallest absolute Gasteiger partial charge is 0.363 e. The summed E-state index contributed by atoms with van der Waals surface area (Å²) in [6.45, 7) is 1.98. The zero-order chi connectivity index (χ0) is 13.4. The fraction of sp³-hybridized carbons (Fsp3) is 0.583. The van der Waals surface area contributed by atoms with Crippen LogP contribution in [0.3, 0.4) is 0 Å². The molecule has 0 bridgehead atoms. The minimum Gasteiger partial charge on any atom is -0.363 e. The van der Waals surface area contributed by atoms with Crippen LogP contribution in [-0.4, -0.2) is 16.6 Å². The molecular formula is C12H16F3N3. The first-order chi connectivity index (χ1) is 8.31. The molecule has 0 saturated heterocycles. The predicted octanol–water partition coefficient (Wildman–Crippen LogP) is 2.78. The summed E-state index contributed by atoms with van der Waals surface area (Å²) in [5.41, 5.74) is 4.96. The maximum atomic E-state index is 12.4. The van der Waals surface area contributed by atoms with E-state index < -0.39 is 11.7 Å².